The monoisotopic (exact) mass is 275 g/mol. The van der Waals surface area contributed by atoms with Gasteiger partial charge in [0, 0.05) is 19.0 Å². The van der Waals surface area contributed by atoms with Crippen molar-refractivity contribution in [1.82, 2.24) is 15.5 Å². The molecule has 0 amide bonds. The molecule has 1 N–H and O–H groups in total. The molecular weight excluding hydrogens is 254 g/mol. The Morgan fingerprint density at radius 3 is 2.75 bits per heavy atom. The first-order valence-electron chi connectivity index (χ1n) is 6.68. The summed E-state index contributed by atoms with van der Waals surface area (Å²) in [6, 6.07) is 8.00. The first-order chi connectivity index (χ1) is 9.42. The molecule has 5 heteroatoms. The third kappa shape index (κ3) is 4.66. The molecule has 0 unspecified atom stereocenters. The quantitative estimate of drug-likeness (QED) is 0.909. The molecule has 1 aromatic carbocycles. The van der Waals surface area contributed by atoms with Crippen LogP contribution in [0.3, 0.4) is 0 Å². The highest BCUT2D eigenvalue weighted by Crippen LogP contribution is 2.15. The SMILES string of the molecule is Cc1nc(COc2cccc(CNC(C)(C)C)c2)no1. The average molecular weight is 275 g/mol. The van der Waals surface area contributed by atoms with Gasteiger partial charge in [0.25, 0.3) is 0 Å². The molecule has 0 aliphatic rings. The van der Waals surface area contributed by atoms with E-state index in [9.17, 15) is 0 Å². The van der Waals surface area contributed by atoms with Crippen LogP contribution < -0.4 is 10.1 Å². The van der Waals surface area contributed by atoms with Crippen LogP contribution in [0.2, 0.25) is 0 Å². The van der Waals surface area contributed by atoms with Gasteiger partial charge in [0.05, 0.1) is 0 Å². The lowest BCUT2D eigenvalue weighted by Gasteiger charge is -2.20. The number of benzene rings is 1. The second kappa shape index (κ2) is 6.05. The highest BCUT2D eigenvalue weighted by molar-refractivity contribution is 5.28. The normalized spacial score (nSPS) is 11.6. The van der Waals surface area contributed by atoms with Crippen LogP contribution >= 0.6 is 0 Å². The molecule has 1 heterocycles. The van der Waals surface area contributed by atoms with Crippen molar-refractivity contribution in [3.05, 3.63) is 41.5 Å². The summed E-state index contributed by atoms with van der Waals surface area (Å²) >= 11 is 0. The average Bonchev–Trinajstić information content (AvgIpc) is 2.80. The Morgan fingerprint density at radius 1 is 1.30 bits per heavy atom. The van der Waals surface area contributed by atoms with Crippen LogP contribution in [-0.4, -0.2) is 15.7 Å². The predicted molar refractivity (Wildman–Crippen MR) is 76.4 cm³/mol. The summed E-state index contributed by atoms with van der Waals surface area (Å²) in [4.78, 5) is 4.10. The first kappa shape index (κ1) is 14.5. The molecule has 1 aromatic heterocycles. The summed E-state index contributed by atoms with van der Waals surface area (Å²) in [6.45, 7) is 9.31. The fourth-order valence-electron chi connectivity index (χ4n) is 1.66. The Bertz CT molecular complexity index is 558. The molecule has 0 radical (unpaired) electrons. The Morgan fingerprint density at radius 2 is 2.10 bits per heavy atom. The van der Waals surface area contributed by atoms with E-state index in [1.807, 2.05) is 18.2 Å². The minimum Gasteiger partial charge on any atom is -0.485 e. The van der Waals surface area contributed by atoms with Crippen LogP contribution in [0, 0.1) is 6.92 Å². The Kier molecular flexibility index (Phi) is 4.39. The minimum absolute atomic E-state index is 0.0963. The van der Waals surface area contributed by atoms with Gasteiger partial charge in [0.15, 0.2) is 6.61 Å². The number of aromatic nitrogens is 2. The third-order valence-electron chi connectivity index (χ3n) is 2.66. The number of aryl methyl sites for hydroxylation is 1. The first-order valence-corrected chi connectivity index (χ1v) is 6.68. The Balaban J connectivity index is 1.92. The van der Waals surface area contributed by atoms with Crippen molar-refractivity contribution in [2.75, 3.05) is 0 Å². The van der Waals surface area contributed by atoms with Crippen molar-refractivity contribution in [3.8, 4) is 5.75 Å². The van der Waals surface area contributed by atoms with Crippen molar-refractivity contribution in [2.24, 2.45) is 0 Å². The summed E-state index contributed by atoms with van der Waals surface area (Å²) in [5, 5.41) is 7.25. The van der Waals surface area contributed by atoms with Crippen molar-refractivity contribution in [3.63, 3.8) is 0 Å². The van der Waals surface area contributed by atoms with Crippen molar-refractivity contribution in [1.29, 1.82) is 0 Å². The summed E-state index contributed by atoms with van der Waals surface area (Å²) in [7, 11) is 0. The second-order valence-electron chi connectivity index (χ2n) is 5.77. The number of hydrogen-bond donors (Lipinski definition) is 1. The van der Waals surface area contributed by atoms with Crippen LogP contribution in [0.5, 0.6) is 5.75 Å². The molecule has 0 atom stereocenters. The van der Waals surface area contributed by atoms with Gasteiger partial charge >= 0.3 is 0 Å². The van der Waals surface area contributed by atoms with E-state index in [2.05, 4.69) is 42.3 Å². The molecule has 2 rings (SSSR count). The van der Waals surface area contributed by atoms with Gasteiger partial charge in [-0.1, -0.05) is 17.3 Å². The molecule has 0 saturated carbocycles. The maximum atomic E-state index is 5.67. The van der Waals surface area contributed by atoms with Crippen molar-refractivity contribution in [2.45, 2.75) is 46.4 Å². The highest BCUT2D eigenvalue weighted by Gasteiger charge is 2.09. The lowest BCUT2D eigenvalue weighted by atomic mass is 10.1. The van der Waals surface area contributed by atoms with Gasteiger partial charge in [-0.2, -0.15) is 4.98 Å². The molecule has 0 aliphatic carbocycles. The molecule has 0 saturated heterocycles. The lowest BCUT2D eigenvalue weighted by Crippen LogP contribution is -2.35. The van der Waals surface area contributed by atoms with Gasteiger partial charge in [0.2, 0.25) is 11.7 Å². The lowest BCUT2D eigenvalue weighted by molar-refractivity contribution is 0.285. The van der Waals surface area contributed by atoms with E-state index in [-0.39, 0.29) is 5.54 Å². The van der Waals surface area contributed by atoms with Crippen LogP contribution in [0.1, 0.15) is 38.0 Å². The highest BCUT2D eigenvalue weighted by atomic mass is 16.5. The maximum Gasteiger partial charge on any atom is 0.223 e. The van der Waals surface area contributed by atoms with Crippen molar-refractivity contribution >= 4 is 0 Å². The van der Waals surface area contributed by atoms with Crippen LogP contribution in [0.25, 0.3) is 0 Å². The van der Waals surface area contributed by atoms with Gasteiger partial charge in [-0.05, 0) is 38.5 Å². The van der Waals surface area contributed by atoms with E-state index in [1.165, 1.54) is 5.56 Å². The zero-order valence-corrected chi connectivity index (χ0v) is 12.4. The molecule has 0 aliphatic heterocycles. The molecule has 5 nitrogen and oxygen atoms in total. The van der Waals surface area contributed by atoms with Crippen molar-refractivity contribution < 1.29 is 9.26 Å². The maximum absolute atomic E-state index is 5.67. The molecule has 0 bridgehead atoms. The van der Waals surface area contributed by atoms with E-state index >= 15 is 0 Å². The van der Waals surface area contributed by atoms with Crippen LogP contribution in [0.4, 0.5) is 0 Å². The van der Waals surface area contributed by atoms with E-state index in [1.54, 1.807) is 6.92 Å². The zero-order valence-electron chi connectivity index (χ0n) is 12.4. The van der Waals surface area contributed by atoms with Gasteiger partial charge in [0.1, 0.15) is 5.75 Å². The molecule has 0 fully saturated rings. The van der Waals surface area contributed by atoms with Gasteiger partial charge in [-0.25, -0.2) is 0 Å². The fraction of sp³-hybridized carbons (Fsp3) is 0.467. The summed E-state index contributed by atoms with van der Waals surface area (Å²) in [5.74, 6) is 1.91. The molecule has 0 spiro atoms. The van der Waals surface area contributed by atoms with Gasteiger partial charge in [-0.15, -0.1) is 0 Å². The largest absolute Gasteiger partial charge is 0.485 e. The van der Waals surface area contributed by atoms with Crippen LogP contribution in [0.15, 0.2) is 28.8 Å². The van der Waals surface area contributed by atoms with E-state index in [0.717, 1.165) is 12.3 Å². The summed E-state index contributed by atoms with van der Waals surface area (Å²) in [6.07, 6.45) is 0. The number of nitrogens with zero attached hydrogens (tertiary/aromatic N) is 2. The Labute approximate surface area is 119 Å². The molecular formula is C15H21N3O2. The third-order valence-corrected chi connectivity index (χ3v) is 2.66. The van der Waals surface area contributed by atoms with E-state index < -0.39 is 0 Å². The minimum atomic E-state index is 0.0963. The second-order valence-corrected chi connectivity index (χ2v) is 5.77. The van der Waals surface area contributed by atoms with Gasteiger partial charge in [-0.3, -0.25) is 0 Å². The topological polar surface area (TPSA) is 60.2 Å². The molecule has 20 heavy (non-hydrogen) atoms. The standard InChI is InChI=1S/C15H21N3O2/c1-11-17-14(18-20-11)10-19-13-7-5-6-12(8-13)9-16-15(2,3)4/h5-8,16H,9-10H2,1-4H3. The fourth-order valence-corrected chi connectivity index (χ4v) is 1.66. The number of nitrogens with one attached hydrogen (secondary N) is 1. The van der Waals surface area contributed by atoms with Gasteiger partial charge < -0.3 is 14.6 Å². The number of rotatable bonds is 5. The molecule has 2 aromatic rings. The predicted octanol–water partition coefficient (Wildman–Crippen LogP) is 2.85. The Hall–Kier alpha value is -1.88. The number of ether oxygens (including phenoxy) is 1. The molecule has 108 valence electrons. The van der Waals surface area contributed by atoms with E-state index in [4.69, 9.17) is 9.26 Å². The number of hydrogen-bond acceptors (Lipinski definition) is 5. The summed E-state index contributed by atoms with van der Waals surface area (Å²) < 4.78 is 10.6. The van der Waals surface area contributed by atoms with Crippen LogP contribution in [-0.2, 0) is 13.2 Å². The smallest absolute Gasteiger partial charge is 0.223 e. The summed E-state index contributed by atoms with van der Waals surface area (Å²) in [5.41, 5.74) is 1.28. The van der Waals surface area contributed by atoms with E-state index in [0.29, 0.717) is 18.3 Å². The zero-order chi connectivity index (χ0) is 14.6.